The Bertz CT molecular complexity index is 260. The van der Waals surface area contributed by atoms with E-state index in [2.05, 4.69) is 13.0 Å². The molecule has 0 N–H and O–H groups in total. The normalized spacial score (nSPS) is 36.4. The van der Waals surface area contributed by atoms with Crippen molar-refractivity contribution in [1.29, 1.82) is 0 Å². The van der Waals surface area contributed by atoms with Crippen LogP contribution in [0.3, 0.4) is 0 Å². The highest BCUT2D eigenvalue weighted by Gasteiger charge is 2.45. The Morgan fingerprint density at radius 1 is 1.69 bits per heavy atom. The van der Waals surface area contributed by atoms with Crippen molar-refractivity contribution in [3.05, 3.63) is 21.8 Å². The Labute approximate surface area is 78.0 Å². The molecule has 3 unspecified atom stereocenters. The highest BCUT2D eigenvalue weighted by molar-refractivity contribution is 5.19. The Kier molecular flexibility index (Phi) is 2.10. The molecule has 1 fully saturated rings. The maximum Gasteiger partial charge on any atom is 0.207 e. The van der Waals surface area contributed by atoms with E-state index in [1.807, 2.05) is 0 Å². The molecule has 1 saturated carbocycles. The maximum absolute atomic E-state index is 10.3. The molecule has 2 rings (SSSR count). The van der Waals surface area contributed by atoms with E-state index in [-0.39, 0.29) is 11.5 Å². The van der Waals surface area contributed by atoms with E-state index in [0.717, 1.165) is 18.8 Å². The van der Waals surface area contributed by atoms with Gasteiger partial charge in [0.2, 0.25) is 6.54 Å². The molecule has 3 heteroatoms. The second-order valence-corrected chi connectivity index (χ2v) is 4.23. The molecule has 0 aromatic rings. The molecule has 0 aromatic carbocycles. The maximum atomic E-state index is 10.3. The van der Waals surface area contributed by atoms with E-state index in [0.29, 0.717) is 11.8 Å². The van der Waals surface area contributed by atoms with Gasteiger partial charge in [-0.25, -0.2) is 0 Å². The molecule has 3 atom stereocenters. The van der Waals surface area contributed by atoms with Crippen molar-refractivity contribution >= 4 is 0 Å². The predicted molar refractivity (Wildman–Crippen MR) is 49.9 cm³/mol. The SMILES string of the molecule is CCC1=CC2C(C1)CC2C[N+](=O)[O-]. The van der Waals surface area contributed by atoms with E-state index in [4.69, 9.17) is 0 Å². The molecule has 0 aliphatic heterocycles. The van der Waals surface area contributed by atoms with Gasteiger partial charge in [-0.2, -0.15) is 0 Å². The zero-order chi connectivity index (χ0) is 9.42. The summed E-state index contributed by atoms with van der Waals surface area (Å²) in [6, 6.07) is 0. The molecule has 13 heavy (non-hydrogen) atoms. The standard InChI is InChI=1S/C10H15NO2/c1-2-7-3-8-5-9(6-11(12)13)10(8)4-7/h4,8-10H,2-3,5-6H2,1H3. The fourth-order valence-electron chi connectivity index (χ4n) is 2.71. The lowest BCUT2D eigenvalue weighted by Gasteiger charge is -2.37. The van der Waals surface area contributed by atoms with Crippen LogP contribution in [0.1, 0.15) is 26.2 Å². The van der Waals surface area contributed by atoms with Gasteiger partial charge < -0.3 is 0 Å². The number of hydrogen-bond acceptors (Lipinski definition) is 2. The van der Waals surface area contributed by atoms with Gasteiger partial charge in [0.25, 0.3) is 0 Å². The smallest absolute Gasteiger partial charge is 0.207 e. The molecule has 0 saturated heterocycles. The van der Waals surface area contributed by atoms with E-state index in [9.17, 15) is 10.1 Å². The zero-order valence-electron chi connectivity index (χ0n) is 7.90. The number of nitro groups is 1. The quantitative estimate of drug-likeness (QED) is 0.381. The van der Waals surface area contributed by atoms with Crippen LogP contribution in [0.25, 0.3) is 0 Å². The summed E-state index contributed by atoms with van der Waals surface area (Å²) in [6.45, 7) is 2.34. The number of allylic oxidation sites excluding steroid dienone is 2. The van der Waals surface area contributed by atoms with Crippen molar-refractivity contribution in [2.24, 2.45) is 17.8 Å². The second-order valence-electron chi connectivity index (χ2n) is 4.23. The van der Waals surface area contributed by atoms with Crippen LogP contribution in [0, 0.1) is 27.9 Å². The highest BCUT2D eigenvalue weighted by atomic mass is 16.6. The van der Waals surface area contributed by atoms with Crippen molar-refractivity contribution in [3.8, 4) is 0 Å². The van der Waals surface area contributed by atoms with Crippen molar-refractivity contribution < 1.29 is 4.92 Å². The van der Waals surface area contributed by atoms with Crippen LogP contribution in [0.2, 0.25) is 0 Å². The molecule has 0 spiro atoms. The summed E-state index contributed by atoms with van der Waals surface area (Å²) in [6.07, 6.45) is 5.70. The second kappa shape index (κ2) is 3.13. The van der Waals surface area contributed by atoms with E-state index in [1.54, 1.807) is 0 Å². The van der Waals surface area contributed by atoms with Crippen molar-refractivity contribution in [2.75, 3.05) is 6.54 Å². The Morgan fingerprint density at radius 2 is 2.46 bits per heavy atom. The highest BCUT2D eigenvalue weighted by Crippen LogP contribution is 2.50. The molecule has 0 radical (unpaired) electrons. The van der Waals surface area contributed by atoms with Crippen LogP contribution in [-0.2, 0) is 0 Å². The number of nitrogens with zero attached hydrogens (tertiary/aromatic N) is 1. The van der Waals surface area contributed by atoms with Crippen LogP contribution >= 0.6 is 0 Å². The van der Waals surface area contributed by atoms with Crippen LogP contribution in [0.15, 0.2) is 11.6 Å². The molecule has 0 bridgehead atoms. The summed E-state index contributed by atoms with van der Waals surface area (Å²) >= 11 is 0. The third kappa shape index (κ3) is 1.47. The van der Waals surface area contributed by atoms with Crippen molar-refractivity contribution in [2.45, 2.75) is 26.2 Å². The van der Waals surface area contributed by atoms with Crippen LogP contribution in [-0.4, -0.2) is 11.5 Å². The predicted octanol–water partition coefficient (Wildman–Crippen LogP) is 2.26. The van der Waals surface area contributed by atoms with Gasteiger partial charge in [-0.3, -0.25) is 10.1 Å². The summed E-state index contributed by atoms with van der Waals surface area (Å²) in [5.41, 5.74) is 1.51. The van der Waals surface area contributed by atoms with E-state index >= 15 is 0 Å². The number of rotatable bonds is 3. The third-order valence-electron chi connectivity index (χ3n) is 3.48. The molecule has 2 aliphatic carbocycles. The van der Waals surface area contributed by atoms with Gasteiger partial charge in [-0.15, -0.1) is 0 Å². The lowest BCUT2D eigenvalue weighted by Crippen LogP contribution is -2.37. The van der Waals surface area contributed by atoms with Crippen molar-refractivity contribution in [1.82, 2.24) is 0 Å². The minimum atomic E-state index is -0.168. The molecule has 0 amide bonds. The van der Waals surface area contributed by atoms with Gasteiger partial charge in [-0.1, -0.05) is 18.6 Å². The number of fused-ring (bicyclic) bond motifs is 1. The molecular weight excluding hydrogens is 166 g/mol. The summed E-state index contributed by atoms with van der Waals surface area (Å²) in [5.74, 6) is 1.63. The third-order valence-corrected chi connectivity index (χ3v) is 3.48. The molecule has 0 heterocycles. The first kappa shape index (κ1) is 8.73. The topological polar surface area (TPSA) is 43.1 Å². The summed E-state index contributed by atoms with van der Waals surface area (Å²) < 4.78 is 0. The molecule has 3 nitrogen and oxygen atoms in total. The first-order valence-electron chi connectivity index (χ1n) is 5.02. The van der Waals surface area contributed by atoms with Crippen LogP contribution in [0.4, 0.5) is 0 Å². The Hall–Kier alpha value is -0.860. The van der Waals surface area contributed by atoms with Crippen LogP contribution in [0.5, 0.6) is 0 Å². The molecule has 72 valence electrons. The molecular formula is C10H15NO2. The lowest BCUT2D eigenvalue weighted by atomic mass is 9.66. The lowest BCUT2D eigenvalue weighted by molar-refractivity contribution is -0.493. The van der Waals surface area contributed by atoms with Gasteiger partial charge in [0.05, 0.1) is 0 Å². The van der Waals surface area contributed by atoms with Gasteiger partial charge >= 0.3 is 0 Å². The fraction of sp³-hybridized carbons (Fsp3) is 0.800. The molecule has 2 aliphatic rings. The van der Waals surface area contributed by atoms with Gasteiger partial charge in [0, 0.05) is 10.8 Å². The van der Waals surface area contributed by atoms with Crippen molar-refractivity contribution in [3.63, 3.8) is 0 Å². The first-order chi connectivity index (χ1) is 6.20. The molecule has 0 aromatic heterocycles. The van der Waals surface area contributed by atoms with Crippen LogP contribution < -0.4 is 0 Å². The minimum Gasteiger partial charge on any atom is -0.265 e. The average Bonchev–Trinajstić information content (AvgIpc) is 2.38. The fourth-order valence-corrected chi connectivity index (χ4v) is 2.71. The Morgan fingerprint density at radius 3 is 3.08 bits per heavy atom. The summed E-state index contributed by atoms with van der Waals surface area (Å²) in [7, 11) is 0. The largest absolute Gasteiger partial charge is 0.265 e. The summed E-state index contributed by atoms with van der Waals surface area (Å²) in [4.78, 5) is 10.2. The summed E-state index contributed by atoms with van der Waals surface area (Å²) in [5, 5.41) is 10.3. The first-order valence-corrected chi connectivity index (χ1v) is 5.02. The van der Waals surface area contributed by atoms with Gasteiger partial charge in [0.15, 0.2) is 0 Å². The number of hydrogen-bond donors (Lipinski definition) is 0. The van der Waals surface area contributed by atoms with Gasteiger partial charge in [-0.05, 0) is 31.1 Å². The van der Waals surface area contributed by atoms with E-state index in [1.165, 1.54) is 12.0 Å². The Balaban J connectivity index is 1.93. The monoisotopic (exact) mass is 181 g/mol. The van der Waals surface area contributed by atoms with E-state index < -0.39 is 0 Å². The average molecular weight is 181 g/mol. The zero-order valence-corrected chi connectivity index (χ0v) is 7.90. The van der Waals surface area contributed by atoms with Gasteiger partial charge in [0.1, 0.15) is 0 Å². The minimum absolute atomic E-state index is 0.168.